The van der Waals surface area contributed by atoms with E-state index < -0.39 is 0 Å². The highest BCUT2D eigenvalue weighted by Crippen LogP contribution is 2.41. The molecule has 126 valence electrons. The van der Waals surface area contributed by atoms with E-state index >= 15 is 0 Å². The van der Waals surface area contributed by atoms with Crippen LogP contribution in [-0.2, 0) is 10.8 Å². The number of nitrogens with one attached hydrogen (secondary N) is 1. The van der Waals surface area contributed by atoms with Crippen molar-refractivity contribution < 1.29 is 5.11 Å². The zero-order chi connectivity index (χ0) is 17.7. The van der Waals surface area contributed by atoms with Crippen molar-refractivity contribution in [3.05, 3.63) is 41.6 Å². The smallest absolute Gasteiger partial charge is 0.178 e. The van der Waals surface area contributed by atoms with Gasteiger partial charge in [0.05, 0.1) is 5.52 Å². The lowest BCUT2D eigenvalue weighted by Gasteiger charge is -2.28. The first-order chi connectivity index (χ1) is 11.1. The Morgan fingerprint density at radius 2 is 1.54 bits per heavy atom. The summed E-state index contributed by atoms with van der Waals surface area (Å²) in [7, 11) is 0. The number of aromatic hydroxyl groups is 1. The van der Waals surface area contributed by atoms with Gasteiger partial charge in [-0.15, -0.1) is 0 Å². The third-order valence-electron chi connectivity index (χ3n) is 4.26. The number of rotatable bonds is 1. The lowest BCUT2D eigenvalue weighted by Crippen LogP contribution is -2.17. The summed E-state index contributed by atoms with van der Waals surface area (Å²) < 4.78 is 0. The van der Waals surface area contributed by atoms with Crippen molar-refractivity contribution in [2.45, 2.75) is 52.4 Å². The first kappa shape index (κ1) is 16.5. The molecule has 0 radical (unpaired) electrons. The zero-order valence-electron chi connectivity index (χ0n) is 15.2. The second-order valence-electron chi connectivity index (χ2n) is 8.38. The van der Waals surface area contributed by atoms with Crippen LogP contribution in [-0.4, -0.2) is 20.1 Å². The summed E-state index contributed by atoms with van der Waals surface area (Å²) in [5, 5.41) is 10.8. The van der Waals surface area contributed by atoms with Crippen molar-refractivity contribution in [3.8, 4) is 17.1 Å². The van der Waals surface area contributed by atoms with Crippen LogP contribution in [0.15, 0.2) is 30.5 Å². The van der Waals surface area contributed by atoms with Crippen LogP contribution < -0.4 is 0 Å². The number of nitrogens with zero attached hydrogens (tertiary/aromatic N) is 2. The van der Waals surface area contributed by atoms with Crippen LogP contribution >= 0.6 is 0 Å². The maximum atomic E-state index is 10.8. The minimum Gasteiger partial charge on any atom is -0.507 e. The van der Waals surface area contributed by atoms with Gasteiger partial charge in [0.1, 0.15) is 11.6 Å². The second kappa shape index (κ2) is 5.33. The van der Waals surface area contributed by atoms with E-state index in [0.717, 1.165) is 28.0 Å². The Hall–Kier alpha value is -2.36. The molecular weight excluding hydrogens is 298 g/mol. The van der Waals surface area contributed by atoms with Gasteiger partial charge < -0.3 is 10.1 Å². The zero-order valence-corrected chi connectivity index (χ0v) is 15.2. The molecule has 4 heteroatoms. The second-order valence-corrected chi connectivity index (χ2v) is 8.38. The van der Waals surface area contributed by atoms with E-state index in [1.54, 1.807) is 6.20 Å². The van der Waals surface area contributed by atoms with Gasteiger partial charge in [0.25, 0.3) is 0 Å². The molecule has 0 aliphatic rings. The highest BCUT2D eigenvalue weighted by Gasteiger charge is 2.27. The first-order valence-electron chi connectivity index (χ1n) is 8.26. The number of pyridine rings is 1. The molecule has 0 aliphatic carbocycles. The molecule has 0 aliphatic heterocycles. The summed E-state index contributed by atoms with van der Waals surface area (Å²) in [6.45, 7) is 12.7. The van der Waals surface area contributed by atoms with Crippen molar-refractivity contribution in [3.63, 3.8) is 0 Å². The average molecular weight is 323 g/mol. The Bertz CT molecular complexity index is 827. The molecule has 0 bridgehead atoms. The molecule has 0 unspecified atom stereocenters. The van der Waals surface area contributed by atoms with Crippen LogP contribution in [0, 0.1) is 0 Å². The normalized spacial score (nSPS) is 12.8. The summed E-state index contributed by atoms with van der Waals surface area (Å²) in [6, 6.07) is 7.92. The number of phenolic OH excluding ortho intramolecular Hbond substituents is 1. The van der Waals surface area contributed by atoms with Gasteiger partial charge in [0.2, 0.25) is 0 Å². The standard InChI is InChI=1S/C20H25N3O/c1-19(2,3)13-10-12(11-14(16(13)24)20(4,5)6)17-22-15-8-7-9-21-18(15)23-17/h7-11,24H,1-6H3,(H,21,22,23). The predicted molar refractivity (Wildman–Crippen MR) is 98.4 cm³/mol. The van der Waals surface area contributed by atoms with Gasteiger partial charge in [0.15, 0.2) is 5.65 Å². The first-order valence-corrected chi connectivity index (χ1v) is 8.26. The number of benzene rings is 1. The molecule has 0 amide bonds. The molecule has 0 spiro atoms. The molecule has 0 atom stereocenters. The van der Waals surface area contributed by atoms with Crippen molar-refractivity contribution in [1.82, 2.24) is 15.0 Å². The molecule has 2 N–H and O–H groups in total. The summed E-state index contributed by atoms with van der Waals surface area (Å²) in [6.07, 6.45) is 1.74. The van der Waals surface area contributed by atoms with Crippen LogP contribution in [0.1, 0.15) is 52.7 Å². The largest absolute Gasteiger partial charge is 0.507 e. The SMILES string of the molecule is CC(C)(C)c1cc(-c2nc3ncccc3[nH]2)cc(C(C)(C)C)c1O. The summed E-state index contributed by atoms with van der Waals surface area (Å²) in [5.41, 5.74) is 4.12. The Kier molecular flexibility index (Phi) is 3.67. The highest BCUT2D eigenvalue weighted by atomic mass is 16.3. The van der Waals surface area contributed by atoms with E-state index in [2.05, 4.69) is 56.5 Å². The molecule has 0 saturated carbocycles. The van der Waals surface area contributed by atoms with Gasteiger partial charge in [-0.2, -0.15) is 0 Å². The van der Waals surface area contributed by atoms with Crippen LogP contribution in [0.3, 0.4) is 0 Å². The monoisotopic (exact) mass is 323 g/mol. The average Bonchev–Trinajstić information content (AvgIpc) is 2.88. The quantitative estimate of drug-likeness (QED) is 0.668. The van der Waals surface area contributed by atoms with Crippen LogP contribution in [0.2, 0.25) is 0 Å². The number of hydrogen-bond acceptors (Lipinski definition) is 3. The van der Waals surface area contributed by atoms with E-state index in [-0.39, 0.29) is 10.8 Å². The molecule has 24 heavy (non-hydrogen) atoms. The summed E-state index contributed by atoms with van der Waals surface area (Å²) in [5.74, 6) is 1.16. The Labute approximate surface area is 143 Å². The highest BCUT2D eigenvalue weighted by molar-refractivity contribution is 5.76. The molecule has 2 heterocycles. The molecule has 0 saturated heterocycles. The van der Waals surface area contributed by atoms with Gasteiger partial charge in [-0.1, -0.05) is 41.5 Å². The molecular formula is C20H25N3O. The molecule has 0 fully saturated rings. The lowest BCUT2D eigenvalue weighted by molar-refractivity contribution is 0.423. The molecule has 4 nitrogen and oxygen atoms in total. The Morgan fingerprint density at radius 3 is 2.04 bits per heavy atom. The summed E-state index contributed by atoms with van der Waals surface area (Å²) in [4.78, 5) is 12.2. The Morgan fingerprint density at radius 1 is 0.958 bits per heavy atom. The lowest BCUT2D eigenvalue weighted by atomic mass is 9.78. The predicted octanol–water partition coefficient (Wildman–Crippen LogP) is 4.93. The van der Waals surface area contributed by atoms with Gasteiger partial charge in [-0.05, 0) is 35.1 Å². The van der Waals surface area contributed by atoms with Crippen molar-refractivity contribution in [2.75, 3.05) is 0 Å². The topological polar surface area (TPSA) is 61.8 Å². The maximum absolute atomic E-state index is 10.8. The van der Waals surface area contributed by atoms with E-state index in [9.17, 15) is 5.11 Å². The van der Waals surface area contributed by atoms with Gasteiger partial charge >= 0.3 is 0 Å². The number of hydrogen-bond donors (Lipinski definition) is 2. The van der Waals surface area contributed by atoms with Gasteiger partial charge in [-0.3, -0.25) is 0 Å². The van der Waals surface area contributed by atoms with Crippen LogP contribution in [0.4, 0.5) is 0 Å². The number of fused-ring (bicyclic) bond motifs is 1. The van der Waals surface area contributed by atoms with Crippen LogP contribution in [0.25, 0.3) is 22.6 Å². The number of H-pyrrole nitrogens is 1. The third kappa shape index (κ3) is 2.88. The van der Waals surface area contributed by atoms with Crippen molar-refractivity contribution >= 4 is 11.2 Å². The molecule has 2 aromatic heterocycles. The number of imidazole rings is 1. The number of aromatic nitrogens is 3. The van der Waals surface area contributed by atoms with E-state index in [0.29, 0.717) is 11.4 Å². The van der Waals surface area contributed by atoms with Crippen LogP contribution in [0.5, 0.6) is 5.75 Å². The fraction of sp³-hybridized carbons (Fsp3) is 0.400. The number of aromatic amines is 1. The van der Waals surface area contributed by atoms with Gasteiger partial charge in [-0.25, -0.2) is 9.97 Å². The van der Waals surface area contributed by atoms with E-state index in [4.69, 9.17) is 0 Å². The fourth-order valence-corrected chi connectivity index (χ4v) is 2.90. The number of phenols is 1. The molecule has 1 aromatic carbocycles. The third-order valence-corrected chi connectivity index (χ3v) is 4.26. The van der Waals surface area contributed by atoms with E-state index in [1.165, 1.54) is 0 Å². The molecule has 3 aromatic rings. The Balaban J connectivity index is 2.28. The molecule has 3 rings (SSSR count). The van der Waals surface area contributed by atoms with Gasteiger partial charge in [0, 0.05) is 22.9 Å². The minimum absolute atomic E-state index is 0.162. The minimum atomic E-state index is -0.162. The maximum Gasteiger partial charge on any atom is 0.178 e. The van der Waals surface area contributed by atoms with Crippen molar-refractivity contribution in [2.24, 2.45) is 0 Å². The summed E-state index contributed by atoms with van der Waals surface area (Å²) >= 11 is 0. The van der Waals surface area contributed by atoms with E-state index in [1.807, 2.05) is 24.3 Å². The van der Waals surface area contributed by atoms with Crippen molar-refractivity contribution in [1.29, 1.82) is 0 Å². The fourth-order valence-electron chi connectivity index (χ4n) is 2.90.